The number of thiophene rings is 1. The summed E-state index contributed by atoms with van der Waals surface area (Å²) in [6.07, 6.45) is 1.67. The second-order valence-electron chi connectivity index (χ2n) is 4.23. The van der Waals surface area contributed by atoms with Crippen LogP contribution in [0.2, 0.25) is 5.02 Å². The number of anilines is 1. The minimum Gasteiger partial charge on any atom is -0.274 e. The molecule has 0 saturated heterocycles. The van der Waals surface area contributed by atoms with Gasteiger partial charge in [0.05, 0.1) is 0 Å². The lowest BCUT2D eigenvalue weighted by atomic mass is 10.3. The van der Waals surface area contributed by atoms with Crippen molar-refractivity contribution in [2.45, 2.75) is 4.21 Å². The number of nitrogens with zero attached hydrogens (tertiary/aromatic N) is 2. The van der Waals surface area contributed by atoms with Crippen LogP contribution in [0.1, 0.15) is 0 Å². The molecule has 0 saturated carbocycles. The van der Waals surface area contributed by atoms with E-state index in [4.69, 9.17) is 11.6 Å². The first kappa shape index (κ1) is 13.4. The normalized spacial score (nSPS) is 11.9. The number of hydrogen-bond acceptors (Lipinski definition) is 4. The van der Waals surface area contributed by atoms with Crippen LogP contribution in [0.25, 0.3) is 10.1 Å². The van der Waals surface area contributed by atoms with Crippen LogP contribution in [0, 0.1) is 0 Å². The zero-order chi connectivity index (χ0) is 14.3. The van der Waals surface area contributed by atoms with Crippen LogP contribution in [-0.4, -0.2) is 18.2 Å². The van der Waals surface area contributed by atoms with E-state index in [-0.39, 0.29) is 4.21 Å². The Morgan fingerprint density at radius 1 is 1.30 bits per heavy atom. The first-order valence-electron chi connectivity index (χ1n) is 5.66. The van der Waals surface area contributed by atoms with Crippen LogP contribution in [0.3, 0.4) is 0 Å². The molecule has 0 bridgehead atoms. The highest BCUT2D eigenvalue weighted by atomic mass is 35.5. The third kappa shape index (κ3) is 2.52. The van der Waals surface area contributed by atoms with Gasteiger partial charge in [-0.15, -0.1) is 11.3 Å². The molecule has 0 aliphatic carbocycles. The van der Waals surface area contributed by atoms with E-state index < -0.39 is 10.0 Å². The van der Waals surface area contributed by atoms with Gasteiger partial charge in [-0.25, -0.2) is 8.42 Å². The minimum atomic E-state index is -3.63. The highest BCUT2D eigenvalue weighted by Crippen LogP contribution is 2.31. The molecule has 0 radical (unpaired) electrons. The van der Waals surface area contributed by atoms with Gasteiger partial charge >= 0.3 is 0 Å². The van der Waals surface area contributed by atoms with Gasteiger partial charge in [0, 0.05) is 29.0 Å². The number of nitrogens with one attached hydrogen (secondary N) is 1. The lowest BCUT2D eigenvalue weighted by Crippen LogP contribution is -2.12. The highest BCUT2D eigenvalue weighted by Gasteiger charge is 2.18. The van der Waals surface area contributed by atoms with Gasteiger partial charge < -0.3 is 0 Å². The van der Waals surface area contributed by atoms with Crippen LogP contribution >= 0.6 is 22.9 Å². The molecule has 1 N–H and O–H groups in total. The van der Waals surface area contributed by atoms with Crippen molar-refractivity contribution in [3.05, 3.63) is 41.6 Å². The van der Waals surface area contributed by atoms with E-state index in [0.717, 1.165) is 10.1 Å². The fourth-order valence-electron chi connectivity index (χ4n) is 1.78. The molecule has 20 heavy (non-hydrogen) atoms. The first-order valence-corrected chi connectivity index (χ1v) is 8.33. The van der Waals surface area contributed by atoms with Gasteiger partial charge in [0.2, 0.25) is 0 Å². The molecule has 104 valence electrons. The molecule has 0 amide bonds. The van der Waals surface area contributed by atoms with Crippen LogP contribution < -0.4 is 4.72 Å². The van der Waals surface area contributed by atoms with Crippen LogP contribution in [0.5, 0.6) is 0 Å². The summed E-state index contributed by atoms with van der Waals surface area (Å²) in [5, 5.41) is 5.39. The number of hydrogen-bond donors (Lipinski definition) is 1. The Bertz CT molecular complexity index is 883. The number of aryl methyl sites for hydroxylation is 1. The highest BCUT2D eigenvalue weighted by molar-refractivity contribution is 7.94. The van der Waals surface area contributed by atoms with Gasteiger partial charge in [-0.3, -0.25) is 9.40 Å². The van der Waals surface area contributed by atoms with E-state index in [0.29, 0.717) is 10.8 Å². The zero-order valence-electron chi connectivity index (χ0n) is 10.4. The topological polar surface area (TPSA) is 64.0 Å². The predicted molar refractivity (Wildman–Crippen MR) is 80.9 cm³/mol. The first-order chi connectivity index (χ1) is 9.44. The summed E-state index contributed by atoms with van der Waals surface area (Å²) in [6.45, 7) is 0. The van der Waals surface area contributed by atoms with Crippen LogP contribution in [-0.2, 0) is 17.1 Å². The molecule has 0 spiro atoms. The van der Waals surface area contributed by atoms with E-state index in [1.165, 1.54) is 16.0 Å². The summed E-state index contributed by atoms with van der Waals surface area (Å²) in [6, 6.07) is 8.50. The van der Waals surface area contributed by atoms with Crippen molar-refractivity contribution in [1.82, 2.24) is 9.78 Å². The van der Waals surface area contributed by atoms with E-state index in [1.807, 2.05) is 6.07 Å². The molecule has 2 heterocycles. The molecule has 3 rings (SSSR count). The molecule has 0 aliphatic rings. The summed E-state index contributed by atoms with van der Waals surface area (Å²) >= 11 is 7.10. The third-order valence-electron chi connectivity index (χ3n) is 2.67. The number of rotatable bonds is 3. The molecule has 0 atom stereocenters. The fraction of sp³-hybridized carbons (Fsp3) is 0.0833. The van der Waals surface area contributed by atoms with Crippen molar-refractivity contribution in [3.63, 3.8) is 0 Å². The van der Waals surface area contributed by atoms with E-state index in [2.05, 4.69) is 9.82 Å². The molecule has 0 fully saturated rings. The molecule has 2 aromatic heterocycles. The summed E-state index contributed by atoms with van der Waals surface area (Å²) in [4.78, 5) is 0. The zero-order valence-corrected chi connectivity index (χ0v) is 12.8. The maximum atomic E-state index is 12.3. The molecular formula is C12H10ClN3O2S2. The largest absolute Gasteiger partial charge is 0.274 e. The number of halogens is 1. The van der Waals surface area contributed by atoms with E-state index in [1.54, 1.807) is 37.5 Å². The Balaban J connectivity index is 2.00. The van der Waals surface area contributed by atoms with E-state index in [9.17, 15) is 8.42 Å². The lowest BCUT2D eigenvalue weighted by molar-refractivity contribution is 0.603. The van der Waals surface area contributed by atoms with E-state index >= 15 is 0 Å². The number of sulfonamides is 1. The Morgan fingerprint density at radius 3 is 2.80 bits per heavy atom. The van der Waals surface area contributed by atoms with Crippen molar-refractivity contribution in [3.8, 4) is 0 Å². The van der Waals surface area contributed by atoms with Gasteiger partial charge in [0.25, 0.3) is 10.0 Å². The van der Waals surface area contributed by atoms with Gasteiger partial charge in [-0.1, -0.05) is 11.6 Å². The minimum absolute atomic E-state index is 0.236. The average Bonchev–Trinajstić information content (AvgIpc) is 2.95. The molecule has 3 aromatic rings. The molecule has 8 heteroatoms. The van der Waals surface area contributed by atoms with Gasteiger partial charge in [0.15, 0.2) is 5.82 Å². The summed E-state index contributed by atoms with van der Waals surface area (Å²) < 4.78 is 29.7. The van der Waals surface area contributed by atoms with Crippen molar-refractivity contribution in [1.29, 1.82) is 0 Å². The fourth-order valence-corrected chi connectivity index (χ4v) is 4.33. The second-order valence-corrected chi connectivity index (χ2v) is 7.66. The maximum Gasteiger partial charge on any atom is 0.272 e. The lowest BCUT2D eigenvalue weighted by Gasteiger charge is -2.01. The summed E-state index contributed by atoms with van der Waals surface area (Å²) in [5.74, 6) is 0.294. The number of benzene rings is 1. The second kappa shape index (κ2) is 4.76. The Kier molecular flexibility index (Phi) is 3.19. The summed E-state index contributed by atoms with van der Waals surface area (Å²) in [7, 11) is -1.90. The predicted octanol–water partition coefficient (Wildman–Crippen LogP) is 3.09. The third-order valence-corrected chi connectivity index (χ3v) is 5.85. The maximum absolute atomic E-state index is 12.3. The number of aromatic nitrogens is 2. The smallest absolute Gasteiger partial charge is 0.272 e. The van der Waals surface area contributed by atoms with Gasteiger partial charge in [-0.05, 0) is 29.7 Å². The molecule has 5 nitrogen and oxygen atoms in total. The van der Waals surface area contributed by atoms with Crippen molar-refractivity contribution < 1.29 is 8.42 Å². The van der Waals surface area contributed by atoms with Crippen molar-refractivity contribution in [2.75, 3.05) is 4.72 Å². The van der Waals surface area contributed by atoms with Gasteiger partial charge in [0.1, 0.15) is 4.21 Å². The summed E-state index contributed by atoms with van der Waals surface area (Å²) in [5.41, 5.74) is 0. The monoisotopic (exact) mass is 327 g/mol. The standard InChI is InChI=1S/C12H10ClN3O2S2/c1-16-5-4-11(14-16)15-20(17,18)12-7-8-6-9(13)2-3-10(8)19-12/h2-7H,1H3,(H,14,15). The molecular weight excluding hydrogens is 318 g/mol. The molecule has 0 unspecified atom stereocenters. The average molecular weight is 328 g/mol. The Morgan fingerprint density at radius 2 is 2.10 bits per heavy atom. The van der Waals surface area contributed by atoms with Gasteiger partial charge in [-0.2, -0.15) is 5.10 Å². The van der Waals surface area contributed by atoms with Crippen LogP contribution in [0.4, 0.5) is 5.82 Å². The Labute approximate surface area is 124 Å². The quantitative estimate of drug-likeness (QED) is 0.804. The molecule has 1 aromatic carbocycles. The SMILES string of the molecule is Cn1ccc(NS(=O)(=O)c2cc3cc(Cl)ccc3s2)n1. The molecule has 0 aliphatic heterocycles. The van der Waals surface area contributed by atoms with Crippen molar-refractivity contribution in [2.24, 2.45) is 7.05 Å². The number of fused-ring (bicyclic) bond motifs is 1. The van der Waals surface area contributed by atoms with Crippen molar-refractivity contribution >= 4 is 48.9 Å². The van der Waals surface area contributed by atoms with Crippen LogP contribution in [0.15, 0.2) is 40.7 Å². The Hall–Kier alpha value is -1.57.